The van der Waals surface area contributed by atoms with E-state index in [1.165, 1.54) is 6.07 Å². The van der Waals surface area contributed by atoms with Gasteiger partial charge in [-0.1, -0.05) is 6.07 Å². The van der Waals surface area contributed by atoms with Crippen LogP contribution in [0.15, 0.2) is 23.2 Å². The lowest BCUT2D eigenvalue weighted by atomic mass is 10.1. The molecule has 0 fully saturated rings. The van der Waals surface area contributed by atoms with Gasteiger partial charge in [0.15, 0.2) is 11.6 Å². The Morgan fingerprint density at radius 3 is 2.75 bits per heavy atom. The highest BCUT2D eigenvalue weighted by Gasteiger charge is 2.06. The Balaban J connectivity index is 1.94. The molecule has 0 radical (unpaired) electrons. The molecular formula is C12H14F2N2. The van der Waals surface area contributed by atoms with Gasteiger partial charge in [-0.15, -0.1) is 0 Å². The zero-order valence-electron chi connectivity index (χ0n) is 8.97. The van der Waals surface area contributed by atoms with Crippen molar-refractivity contribution < 1.29 is 8.78 Å². The van der Waals surface area contributed by atoms with Gasteiger partial charge < -0.3 is 5.32 Å². The highest BCUT2D eigenvalue weighted by molar-refractivity contribution is 5.82. The molecule has 86 valence electrons. The molecule has 1 aromatic carbocycles. The van der Waals surface area contributed by atoms with E-state index >= 15 is 0 Å². The van der Waals surface area contributed by atoms with Crippen molar-refractivity contribution in [3.8, 4) is 0 Å². The van der Waals surface area contributed by atoms with Crippen LogP contribution in [0.2, 0.25) is 0 Å². The molecule has 0 unspecified atom stereocenters. The minimum Gasteiger partial charge on any atom is -0.370 e. The number of nitrogens with zero attached hydrogens (tertiary/aromatic N) is 1. The van der Waals surface area contributed by atoms with Crippen LogP contribution in [0.25, 0.3) is 0 Å². The summed E-state index contributed by atoms with van der Waals surface area (Å²) in [5, 5.41) is 3.15. The molecule has 0 atom stereocenters. The Kier molecular flexibility index (Phi) is 3.49. The van der Waals surface area contributed by atoms with Crippen molar-refractivity contribution in [2.24, 2.45) is 4.99 Å². The largest absolute Gasteiger partial charge is 0.370 e. The standard InChI is InChI=1S/C12H14F2N2/c13-10-5-4-9(7-11(10)14)8-16-12-3-1-2-6-15-12/h4-5,7H,1-3,6,8H2,(H,15,16). The summed E-state index contributed by atoms with van der Waals surface area (Å²) in [6, 6.07) is 3.94. The SMILES string of the molecule is Fc1ccc(CNC2=NCCCC2)cc1F. The monoisotopic (exact) mass is 224 g/mol. The normalized spacial score (nSPS) is 15.8. The molecule has 1 aliphatic rings. The molecule has 1 N–H and O–H groups in total. The summed E-state index contributed by atoms with van der Waals surface area (Å²) in [6.45, 7) is 1.36. The van der Waals surface area contributed by atoms with E-state index in [4.69, 9.17) is 0 Å². The highest BCUT2D eigenvalue weighted by atomic mass is 19.2. The molecule has 1 aliphatic heterocycles. The zero-order chi connectivity index (χ0) is 11.4. The number of aliphatic imine (C=N–C) groups is 1. The fourth-order valence-electron chi connectivity index (χ4n) is 1.70. The second-order valence-corrected chi connectivity index (χ2v) is 3.89. The third-order valence-corrected chi connectivity index (χ3v) is 2.60. The van der Waals surface area contributed by atoms with Crippen LogP contribution in [0.3, 0.4) is 0 Å². The number of hydrogen-bond acceptors (Lipinski definition) is 2. The van der Waals surface area contributed by atoms with Gasteiger partial charge in [0.25, 0.3) is 0 Å². The van der Waals surface area contributed by atoms with E-state index in [0.717, 1.165) is 43.3 Å². The predicted molar refractivity (Wildman–Crippen MR) is 59.4 cm³/mol. The van der Waals surface area contributed by atoms with E-state index in [0.29, 0.717) is 6.54 Å². The lowest BCUT2D eigenvalue weighted by Crippen LogP contribution is -2.25. The van der Waals surface area contributed by atoms with E-state index < -0.39 is 11.6 Å². The maximum absolute atomic E-state index is 12.9. The number of amidine groups is 1. The van der Waals surface area contributed by atoms with Gasteiger partial charge in [-0.2, -0.15) is 0 Å². The molecule has 0 bridgehead atoms. The molecule has 0 amide bonds. The number of hydrogen-bond donors (Lipinski definition) is 1. The first-order chi connectivity index (χ1) is 7.75. The van der Waals surface area contributed by atoms with Crippen molar-refractivity contribution in [3.63, 3.8) is 0 Å². The van der Waals surface area contributed by atoms with Crippen molar-refractivity contribution in [2.75, 3.05) is 6.54 Å². The maximum atomic E-state index is 12.9. The average molecular weight is 224 g/mol. The van der Waals surface area contributed by atoms with E-state index in [-0.39, 0.29) is 0 Å². The number of halogens is 2. The fourth-order valence-corrected chi connectivity index (χ4v) is 1.70. The zero-order valence-corrected chi connectivity index (χ0v) is 8.97. The molecule has 2 rings (SSSR count). The van der Waals surface area contributed by atoms with Gasteiger partial charge in [0.05, 0.1) is 5.84 Å². The molecule has 2 nitrogen and oxygen atoms in total. The number of nitrogens with one attached hydrogen (secondary N) is 1. The second-order valence-electron chi connectivity index (χ2n) is 3.89. The Morgan fingerprint density at radius 1 is 1.19 bits per heavy atom. The smallest absolute Gasteiger partial charge is 0.159 e. The van der Waals surface area contributed by atoms with Crippen LogP contribution in [0.5, 0.6) is 0 Å². The van der Waals surface area contributed by atoms with Crippen molar-refractivity contribution in [3.05, 3.63) is 35.4 Å². The predicted octanol–water partition coefficient (Wildman–Crippen LogP) is 2.64. The Labute approximate surface area is 93.4 Å². The van der Waals surface area contributed by atoms with E-state index in [1.807, 2.05) is 0 Å². The van der Waals surface area contributed by atoms with Gasteiger partial charge in [0, 0.05) is 19.5 Å². The third kappa shape index (κ3) is 2.78. The van der Waals surface area contributed by atoms with E-state index in [2.05, 4.69) is 10.3 Å². The van der Waals surface area contributed by atoms with Crippen LogP contribution in [0, 0.1) is 11.6 Å². The Bertz CT molecular complexity index is 402. The molecule has 0 aliphatic carbocycles. The Morgan fingerprint density at radius 2 is 2.06 bits per heavy atom. The summed E-state index contributed by atoms with van der Waals surface area (Å²) >= 11 is 0. The van der Waals surface area contributed by atoms with Crippen LogP contribution in [-0.4, -0.2) is 12.4 Å². The average Bonchev–Trinajstić information content (AvgIpc) is 2.32. The maximum Gasteiger partial charge on any atom is 0.159 e. The van der Waals surface area contributed by atoms with Crippen LogP contribution in [0.1, 0.15) is 24.8 Å². The molecule has 0 saturated heterocycles. The van der Waals surface area contributed by atoms with Crippen LogP contribution < -0.4 is 5.32 Å². The van der Waals surface area contributed by atoms with E-state index in [1.54, 1.807) is 6.07 Å². The van der Waals surface area contributed by atoms with E-state index in [9.17, 15) is 8.78 Å². The lowest BCUT2D eigenvalue weighted by Gasteiger charge is -2.13. The first kappa shape index (κ1) is 11.0. The van der Waals surface area contributed by atoms with Gasteiger partial charge >= 0.3 is 0 Å². The summed E-state index contributed by atoms with van der Waals surface area (Å²) in [5.41, 5.74) is 0.729. The molecule has 1 aromatic rings. The van der Waals surface area contributed by atoms with Crippen molar-refractivity contribution in [1.82, 2.24) is 5.32 Å². The van der Waals surface area contributed by atoms with Gasteiger partial charge in [-0.3, -0.25) is 4.99 Å². The van der Waals surface area contributed by atoms with Crippen molar-refractivity contribution in [1.29, 1.82) is 0 Å². The first-order valence-electron chi connectivity index (χ1n) is 5.47. The number of benzene rings is 1. The minimum atomic E-state index is -0.807. The van der Waals surface area contributed by atoms with Crippen molar-refractivity contribution >= 4 is 5.84 Å². The molecular weight excluding hydrogens is 210 g/mol. The summed E-state index contributed by atoms with van der Waals surface area (Å²) in [7, 11) is 0. The quantitative estimate of drug-likeness (QED) is 0.820. The summed E-state index contributed by atoms with van der Waals surface area (Å²) < 4.78 is 25.6. The fraction of sp³-hybridized carbons (Fsp3) is 0.417. The molecule has 0 saturated carbocycles. The van der Waals surface area contributed by atoms with Crippen LogP contribution in [-0.2, 0) is 6.54 Å². The van der Waals surface area contributed by atoms with Gasteiger partial charge in [-0.05, 0) is 30.5 Å². The van der Waals surface area contributed by atoms with Crippen LogP contribution >= 0.6 is 0 Å². The van der Waals surface area contributed by atoms with Gasteiger partial charge in [-0.25, -0.2) is 8.78 Å². The number of rotatable bonds is 2. The topological polar surface area (TPSA) is 24.4 Å². The molecule has 0 spiro atoms. The molecule has 16 heavy (non-hydrogen) atoms. The first-order valence-corrected chi connectivity index (χ1v) is 5.47. The Hall–Kier alpha value is -1.45. The highest BCUT2D eigenvalue weighted by Crippen LogP contribution is 2.09. The summed E-state index contributed by atoms with van der Waals surface area (Å²) in [6.07, 6.45) is 3.23. The second kappa shape index (κ2) is 5.05. The van der Waals surface area contributed by atoms with Crippen LogP contribution in [0.4, 0.5) is 8.78 Å². The van der Waals surface area contributed by atoms with Gasteiger partial charge in [0.1, 0.15) is 0 Å². The molecule has 0 aromatic heterocycles. The lowest BCUT2D eigenvalue weighted by molar-refractivity contribution is 0.506. The minimum absolute atomic E-state index is 0.496. The van der Waals surface area contributed by atoms with Gasteiger partial charge in [0.2, 0.25) is 0 Å². The third-order valence-electron chi connectivity index (χ3n) is 2.60. The molecule has 4 heteroatoms. The molecule has 1 heterocycles. The van der Waals surface area contributed by atoms with Crippen molar-refractivity contribution in [2.45, 2.75) is 25.8 Å². The summed E-state index contributed by atoms with van der Waals surface area (Å²) in [4.78, 5) is 4.32. The summed E-state index contributed by atoms with van der Waals surface area (Å²) in [5.74, 6) is -0.639.